The van der Waals surface area contributed by atoms with Crippen molar-refractivity contribution < 1.29 is 4.79 Å². The number of hydrogen-bond acceptors (Lipinski definition) is 1. The molecule has 0 amide bonds. The Morgan fingerprint density at radius 1 is 0.833 bits per heavy atom. The molecule has 168 valence electrons. The second kappa shape index (κ2) is 6.48. The summed E-state index contributed by atoms with van der Waals surface area (Å²) in [6.07, 6.45) is 13.1. The molecule has 30 heavy (non-hydrogen) atoms. The molecule has 5 saturated carbocycles. The summed E-state index contributed by atoms with van der Waals surface area (Å²) in [6, 6.07) is 0. The smallest absolute Gasteiger partial charge is 0.138 e. The number of ketones is 1. The van der Waals surface area contributed by atoms with Crippen LogP contribution in [0.5, 0.6) is 0 Å². The molecule has 5 aliphatic carbocycles. The van der Waals surface area contributed by atoms with Crippen molar-refractivity contribution in [2.75, 3.05) is 0 Å². The molecule has 0 N–H and O–H groups in total. The molecule has 0 bridgehead atoms. The quantitative estimate of drug-likeness (QED) is 0.402. The van der Waals surface area contributed by atoms with Crippen LogP contribution in [-0.2, 0) is 4.79 Å². The molecule has 0 heterocycles. The molecule has 5 rings (SSSR count). The molecule has 0 spiro atoms. The van der Waals surface area contributed by atoms with Gasteiger partial charge in [0.25, 0.3) is 0 Å². The molecule has 0 aromatic carbocycles. The summed E-state index contributed by atoms with van der Waals surface area (Å²) < 4.78 is 0. The predicted octanol–water partition coefficient (Wildman–Crippen LogP) is 7.84. The fraction of sp³-hybridized carbons (Fsp3) is 0.897. The lowest BCUT2D eigenvalue weighted by Gasteiger charge is -2.68. The molecule has 0 unspecified atom stereocenters. The van der Waals surface area contributed by atoms with E-state index in [-0.39, 0.29) is 5.41 Å². The van der Waals surface area contributed by atoms with E-state index in [9.17, 15) is 4.79 Å². The number of rotatable bonds is 1. The first kappa shape index (κ1) is 21.3. The molecule has 0 aromatic rings. The summed E-state index contributed by atoms with van der Waals surface area (Å²) in [7, 11) is 0. The van der Waals surface area contributed by atoms with Crippen molar-refractivity contribution in [1.82, 2.24) is 0 Å². The zero-order valence-electron chi connectivity index (χ0n) is 20.7. The minimum atomic E-state index is -0.118. The highest BCUT2D eigenvalue weighted by atomic mass is 16.1. The Bertz CT molecular complexity index is 762. The fourth-order valence-electron chi connectivity index (χ4n) is 11.0. The van der Waals surface area contributed by atoms with Crippen molar-refractivity contribution in [2.45, 2.75) is 106 Å². The highest BCUT2D eigenvalue weighted by Gasteiger charge is 2.66. The second-order valence-corrected chi connectivity index (χ2v) is 13.9. The number of fused-ring (bicyclic) bond motifs is 7. The monoisotopic (exact) mass is 410 g/mol. The Morgan fingerprint density at radius 3 is 2.23 bits per heavy atom. The summed E-state index contributed by atoms with van der Waals surface area (Å²) in [5, 5.41) is 0. The highest BCUT2D eigenvalue weighted by molar-refractivity contribution is 5.85. The van der Waals surface area contributed by atoms with E-state index in [4.69, 9.17) is 0 Å². The van der Waals surface area contributed by atoms with Crippen LogP contribution in [0, 0.1) is 57.2 Å². The maximum Gasteiger partial charge on any atom is 0.138 e. The minimum absolute atomic E-state index is 0.118. The molecule has 5 fully saturated rings. The van der Waals surface area contributed by atoms with Gasteiger partial charge in [0.1, 0.15) is 5.78 Å². The first-order chi connectivity index (χ1) is 13.9. The van der Waals surface area contributed by atoms with Gasteiger partial charge in [-0.15, -0.1) is 0 Å². The maximum absolute atomic E-state index is 12.8. The molecule has 1 nitrogen and oxygen atoms in total. The number of carbonyl (C=O) groups excluding carboxylic acids is 1. The Balaban J connectivity index is 1.50. The molecular weight excluding hydrogens is 364 g/mol. The van der Waals surface area contributed by atoms with Crippen molar-refractivity contribution in [1.29, 1.82) is 0 Å². The molecule has 1 heteroatoms. The van der Waals surface area contributed by atoms with E-state index in [0.717, 1.165) is 42.4 Å². The van der Waals surface area contributed by atoms with Crippen LogP contribution in [-0.4, -0.2) is 5.78 Å². The van der Waals surface area contributed by atoms with Gasteiger partial charge in [-0.05, 0) is 116 Å². The average Bonchev–Trinajstić information content (AvgIpc) is 3.03. The third-order valence-corrected chi connectivity index (χ3v) is 12.4. The summed E-state index contributed by atoms with van der Waals surface area (Å²) in [4.78, 5) is 12.8. The number of carbonyl (C=O) groups is 1. The van der Waals surface area contributed by atoms with E-state index in [0.29, 0.717) is 27.9 Å². The van der Waals surface area contributed by atoms with Gasteiger partial charge >= 0.3 is 0 Å². The fourth-order valence-corrected chi connectivity index (χ4v) is 11.0. The van der Waals surface area contributed by atoms with Gasteiger partial charge < -0.3 is 0 Å². The van der Waals surface area contributed by atoms with E-state index in [1.165, 1.54) is 56.9 Å². The molecule has 9 atom stereocenters. The van der Waals surface area contributed by atoms with Crippen LogP contribution < -0.4 is 0 Å². The van der Waals surface area contributed by atoms with Crippen LogP contribution in [0.1, 0.15) is 106 Å². The summed E-state index contributed by atoms with van der Waals surface area (Å²) in [5.74, 6) is 5.38. The first-order valence-corrected chi connectivity index (χ1v) is 13.1. The topological polar surface area (TPSA) is 17.1 Å². The van der Waals surface area contributed by atoms with E-state index in [1.807, 2.05) is 0 Å². The predicted molar refractivity (Wildman–Crippen MR) is 125 cm³/mol. The third-order valence-electron chi connectivity index (χ3n) is 12.4. The van der Waals surface area contributed by atoms with Crippen LogP contribution in [0.25, 0.3) is 0 Å². The zero-order valence-corrected chi connectivity index (χ0v) is 20.7. The molecule has 0 saturated heterocycles. The first-order valence-electron chi connectivity index (χ1n) is 13.1. The van der Waals surface area contributed by atoms with Gasteiger partial charge in [-0.2, -0.15) is 0 Å². The van der Waals surface area contributed by atoms with Gasteiger partial charge in [0, 0.05) is 11.8 Å². The zero-order chi connectivity index (χ0) is 21.7. The Kier molecular flexibility index (Phi) is 4.59. The normalized spacial score (nSPS) is 54.5. The molecule has 5 aliphatic rings. The highest BCUT2D eigenvalue weighted by Crippen LogP contribution is 2.73. The van der Waals surface area contributed by atoms with Gasteiger partial charge in [-0.3, -0.25) is 4.79 Å². The Morgan fingerprint density at radius 2 is 1.53 bits per heavy atom. The molecule has 0 aliphatic heterocycles. The van der Waals surface area contributed by atoms with Crippen LogP contribution >= 0.6 is 0 Å². The lowest BCUT2D eigenvalue weighted by Crippen LogP contribution is -2.62. The van der Waals surface area contributed by atoms with Crippen LogP contribution in [0.15, 0.2) is 12.2 Å². The van der Waals surface area contributed by atoms with Crippen molar-refractivity contribution in [2.24, 2.45) is 57.2 Å². The molecular formula is C29H46O. The van der Waals surface area contributed by atoms with Crippen molar-refractivity contribution >= 4 is 5.78 Å². The number of Topliss-reactive ketones (excluding diaryl/α,β-unsaturated/α-hetero) is 1. The lowest BCUT2D eigenvalue weighted by molar-refractivity contribution is -0.197. The van der Waals surface area contributed by atoms with Gasteiger partial charge in [0.2, 0.25) is 0 Å². The van der Waals surface area contributed by atoms with E-state index in [2.05, 4.69) is 48.1 Å². The largest absolute Gasteiger partial charge is 0.299 e. The average molecular weight is 411 g/mol. The van der Waals surface area contributed by atoms with Crippen molar-refractivity contribution in [3.8, 4) is 0 Å². The van der Waals surface area contributed by atoms with Crippen LogP contribution in [0.2, 0.25) is 0 Å². The van der Waals surface area contributed by atoms with Gasteiger partial charge in [-0.1, -0.05) is 46.8 Å². The van der Waals surface area contributed by atoms with E-state index < -0.39 is 0 Å². The summed E-state index contributed by atoms with van der Waals surface area (Å²) in [5.41, 5.74) is 2.74. The summed E-state index contributed by atoms with van der Waals surface area (Å²) in [6.45, 7) is 19.2. The van der Waals surface area contributed by atoms with Crippen LogP contribution in [0.4, 0.5) is 0 Å². The molecule has 0 aromatic heterocycles. The standard InChI is InChI=1S/C29H46O/c1-18(2)19-10-14-27(5)15-11-21-20(25(19)27)8-9-23-28(21,6)16-12-22-26(3,4)24(30)13-17-29(22,23)7/h19-23,25H,1,8-17H2,2-7H3/t19-,20-,21+,22-,23-,25+,27+,28-,29-/m0/s1. The van der Waals surface area contributed by atoms with Crippen LogP contribution in [0.3, 0.4) is 0 Å². The minimum Gasteiger partial charge on any atom is -0.299 e. The van der Waals surface area contributed by atoms with Crippen molar-refractivity contribution in [3.05, 3.63) is 12.2 Å². The van der Waals surface area contributed by atoms with Gasteiger partial charge in [0.05, 0.1) is 0 Å². The number of hydrogen-bond donors (Lipinski definition) is 0. The van der Waals surface area contributed by atoms with E-state index >= 15 is 0 Å². The third kappa shape index (κ3) is 2.56. The second-order valence-electron chi connectivity index (χ2n) is 13.9. The van der Waals surface area contributed by atoms with E-state index in [1.54, 1.807) is 0 Å². The maximum atomic E-state index is 12.8. The summed E-state index contributed by atoms with van der Waals surface area (Å²) >= 11 is 0. The van der Waals surface area contributed by atoms with Gasteiger partial charge in [0.15, 0.2) is 0 Å². The Hall–Kier alpha value is -0.590. The van der Waals surface area contributed by atoms with Crippen molar-refractivity contribution in [3.63, 3.8) is 0 Å². The number of allylic oxidation sites excluding steroid dienone is 1. The van der Waals surface area contributed by atoms with Gasteiger partial charge in [-0.25, -0.2) is 0 Å². The lowest BCUT2D eigenvalue weighted by atomic mass is 9.36. The molecule has 0 radical (unpaired) electrons. The Labute approximate surface area is 185 Å². The SMILES string of the molecule is C=C(C)[C@@H]1CC[C@]2(C)CC[C@@H]3[C@H](CC[C@H]4[C@@]3(C)CC[C@H]3C(C)(C)C(=O)CC[C@]43C)[C@@H]12.